The van der Waals surface area contributed by atoms with E-state index in [1.165, 1.54) is 4.31 Å². The van der Waals surface area contributed by atoms with Crippen molar-refractivity contribution in [2.75, 3.05) is 26.2 Å². The summed E-state index contributed by atoms with van der Waals surface area (Å²) in [5.41, 5.74) is 0. The molecular weight excluding hydrogens is 382 g/mol. The summed E-state index contributed by atoms with van der Waals surface area (Å²) in [5.74, 6) is -1.70. The number of nitrogens with one attached hydrogen (secondary N) is 1. The van der Waals surface area contributed by atoms with Crippen LogP contribution in [0.5, 0.6) is 0 Å². The Morgan fingerprint density at radius 2 is 2.00 bits per heavy atom. The maximum atomic E-state index is 13.3. The van der Waals surface area contributed by atoms with Gasteiger partial charge in [0.1, 0.15) is 10.7 Å². The lowest BCUT2D eigenvalue weighted by molar-refractivity contribution is -0.136. The Hall–Kier alpha value is -0.930. The molecule has 2 rings (SSSR count). The molecule has 0 bridgehead atoms. The zero-order valence-electron chi connectivity index (χ0n) is 12.6. The molecule has 2 N–H and O–H groups in total. The number of nitrogens with zero attached hydrogens (tertiary/aromatic N) is 1. The summed E-state index contributed by atoms with van der Waals surface area (Å²) in [6.45, 7) is 0.739. The summed E-state index contributed by atoms with van der Waals surface area (Å²) in [4.78, 5) is 10.2. The Morgan fingerprint density at radius 1 is 1.38 bits per heavy atom. The van der Waals surface area contributed by atoms with E-state index in [0.29, 0.717) is 19.5 Å². The van der Waals surface area contributed by atoms with Gasteiger partial charge in [-0.3, -0.25) is 4.79 Å². The van der Waals surface area contributed by atoms with Crippen molar-refractivity contribution < 1.29 is 22.7 Å². The smallest absolute Gasteiger partial charge is 0.317 e. The molecule has 6 nitrogen and oxygen atoms in total. The average molecular weight is 399 g/mol. The van der Waals surface area contributed by atoms with Gasteiger partial charge in [-0.1, -0.05) is 23.2 Å². The highest BCUT2D eigenvalue weighted by Gasteiger charge is 2.33. The second-order valence-electron chi connectivity index (χ2n) is 5.59. The minimum absolute atomic E-state index is 0.0223. The first-order valence-electron chi connectivity index (χ1n) is 7.29. The number of carbonyl (C=O) groups is 1. The number of aliphatic carboxylic acids is 1. The highest BCUT2D eigenvalue weighted by atomic mass is 35.5. The molecule has 1 heterocycles. The Bertz CT molecular complexity index is 706. The van der Waals surface area contributed by atoms with E-state index in [1.54, 1.807) is 0 Å². The third kappa shape index (κ3) is 4.58. The molecule has 1 atom stereocenters. The molecule has 1 saturated heterocycles. The monoisotopic (exact) mass is 398 g/mol. The molecular formula is C14H17Cl2FN2O4S. The standard InChI is InChI=1S/C14H17Cl2FN2O4S/c15-11-4-10(17)5-12(16)14(11)24(22,23)19-3-1-2-9(8-19)6-18-7-13(20)21/h4-5,9,18H,1-3,6-8H2,(H,20,21). The topological polar surface area (TPSA) is 86.7 Å². The Morgan fingerprint density at radius 3 is 2.58 bits per heavy atom. The molecule has 134 valence electrons. The van der Waals surface area contributed by atoms with Gasteiger partial charge in [-0.05, 0) is 37.4 Å². The molecule has 0 spiro atoms. The third-order valence-electron chi connectivity index (χ3n) is 3.75. The second kappa shape index (κ2) is 7.97. The average Bonchev–Trinajstić information content (AvgIpc) is 2.45. The number of carboxylic acid groups (broad SMARTS) is 1. The quantitative estimate of drug-likeness (QED) is 0.766. The zero-order chi connectivity index (χ0) is 17.9. The fourth-order valence-corrected chi connectivity index (χ4v) is 5.39. The SMILES string of the molecule is O=C(O)CNCC1CCCN(S(=O)(=O)c2c(Cl)cc(F)cc2Cl)C1. The summed E-state index contributed by atoms with van der Waals surface area (Å²) in [6, 6.07) is 1.83. The lowest BCUT2D eigenvalue weighted by Gasteiger charge is -2.32. The lowest BCUT2D eigenvalue weighted by atomic mass is 10.00. The van der Waals surface area contributed by atoms with Crippen molar-refractivity contribution in [3.05, 3.63) is 28.0 Å². The van der Waals surface area contributed by atoms with E-state index >= 15 is 0 Å². The second-order valence-corrected chi connectivity index (χ2v) is 8.28. The predicted octanol–water partition coefficient (Wildman–Crippen LogP) is 2.21. The van der Waals surface area contributed by atoms with Gasteiger partial charge in [0, 0.05) is 13.1 Å². The Kier molecular flexibility index (Phi) is 6.44. The van der Waals surface area contributed by atoms with Crippen molar-refractivity contribution in [1.82, 2.24) is 9.62 Å². The number of rotatable bonds is 6. The van der Waals surface area contributed by atoms with E-state index in [0.717, 1.165) is 18.6 Å². The van der Waals surface area contributed by atoms with Crippen LogP contribution in [0.25, 0.3) is 0 Å². The lowest BCUT2D eigenvalue weighted by Crippen LogP contribution is -2.43. The van der Waals surface area contributed by atoms with Crippen LogP contribution in [0.3, 0.4) is 0 Å². The number of hydrogen-bond acceptors (Lipinski definition) is 4. The first-order valence-corrected chi connectivity index (χ1v) is 9.48. The van der Waals surface area contributed by atoms with Gasteiger partial charge in [0.05, 0.1) is 16.6 Å². The molecule has 0 aliphatic carbocycles. The first kappa shape index (κ1) is 19.4. The van der Waals surface area contributed by atoms with Gasteiger partial charge in [0.15, 0.2) is 0 Å². The number of sulfonamides is 1. The Balaban J connectivity index is 2.16. The van der Waals surface area contributed by atoms with E-state index in [9.17, 15) is 17.6 Å². The van der Waals surface area contributed by atoms with Crippen LogP contribution in [0.1, 0.15) is 12.8 Å². The predicted molar refractivity (Wildman–Crippen MR) is 88.4 cm³/mol. The molecule has 1 unspecified atom stereocenters. The summed E-state index contributed by atoms with van der Waals surface area (Å²) < 4.78 is 40.1. The number of halogens is 3. The molecule has 0 amide bonds. The van der Waals surface area contributed by atoms with Crippen LogP contribution >= 0.6 is 23.2 Å². The highest BCUT2D eigenvalue weighted by Crippen LogP contribution is 2.34. The number of carboxylic acids is 1. The van der Waals surface area contributed by atoms with Crippen molar-refractivity contribution in [1.29, 1.82) is 0 Å². The van der Waals surface area contributed by atoms with Gasteiger partial charge in [0.2, 0.25) is 10.0 Å². The van der Waals surface area contributed by atoms with Crippen molar-refractivity contribution in [2.24, 2.45) is 5.92 Å². The van der Waals surface area contributed by atoms with Crippen LogP contribution in [-0.2, 0) is 14.8 Å². The fraction of sp³-hybridized carbons (Fsp3) is 0.500. The normalized spacial score (nSPS) is 19.4. The minimum Gasteiger partial charge on any atom is -0.480 e. The van der Waals surface area contributed by atoms with Crippen molar-refractivity contribution in [3.8, 4) is 0 Å². The fourth-order valence-electron chi connectivity index (χ4n) is 2.70. The van der Waals surface area contributed by atoms with Crippen molar-refractivity contribution in [3.63, 3.8) is 0 Å². The molecule has 1 aromatic rings. The van der Waals surface area contributed by atoms with E-state index in [1.807, 2.05) is 0 Å². The summed E-state index contributed by atoms with van der Waals surface area (Å²) in [5, 5.41) is 10.9. The molecule has 1 aliphatic rings. The molecule has 0 aromatic heterocycles. The van der Waals surface area contributed by atoms with Crippen LogP contribution in [-0.4, -0.2) is 50.0 Å². The largest absolute Gasteiger partial charge is 0.480 e. The third-order valence-corrected chi connectivity index (χ3v) is 6.54. The van der Waals surface area contributed by atoms with Gasteiger partial charge in [0.25, 0.3) is 0 Å². The van der Waals surface area contributed by atoms with Crippen LogP contribution in [0.15, 0.2) is 17.0 Å². The maximum absolute atomic E-state index is 13.3. The molecule has 10 heteroatoms. The van der Waals surface area contributed by atoms with Gasteiger partial charge < -0.3 is 10.4 Å². The molecule has 1 aliphatic heterocycles. The van der Waals surface area contributed by atoms with E-state index in [2.05, 4.69) is 5.32 Å². The van der Waals surface area contributed by atoms with Crippen LogP contribution in [0, 0.1) is 11.7 Å². The first-order chi connectivity index (χ1) is 11.2. The van der Waals surface area contributed by atoms with Gasteiger partial charge in [-0.15, -0.1) is 0 Å². The summed E-state index contributed by atoms with van der Waals surface area (Å²) >= 11 is 11.8. The van der Waals surface area contributed by atoms with E-state index in [4.69, 9.17) is 28.3 Å². The van der Waals surface area contributed by atoms with Gasteiger partial charge in [-0.2, -0.15) is 4.31 Å². The van der Waals surface area contributed by atoms with Crippen molar-refractivity contribution in [2.45, 2.75) is 17.7 Å². The molecule has 0 saturated carbocycles. The molecule has 1 fully saturated rings. The molecule has 24 heavy (non-hydrogen) atoms. The van der Waals surface area contributed by atoms with Crippen molar-refractivity contribution >= 4 is 39.2 Å². The Labute approximate surface area is 149 Å². The number of hydrogen-bond donors (Lipinski definition) is 2. The molecule has 0 radical (unpaired) electrons. The summed E-state index contributed by atoms with van der Waals surface area (Å²) in [6.07, 6.45) is 1.42. The van der Waals surface area contributed by atoms with Crippen LogP contribution in [0.2, 0.25) is 10.0 Å². The highest BCUT2D eigenvalue weighted by molar-refractivity contribution is 7.89. The van der Waals surface area contributed by atoms with E-state index < -0.39 is 21.8 Å². The van der Waals surface area contributed by atoms with Crippen LogP contribution in [0.4, 0.5) is 4.39 Å². The van der Waals surface area contributed by atoms with E-state index in [-0.39, 0.29) is 33.9 Å². The molecule has 1 aromatic carbocycles. The minimum atomic E-state index is -3.96. The summed E-state index contributed by atoms with van der Waals surface area (Å²) in [7, 11) is -3.96. The number of piperidine rings is 1. The van der Waals surface area contributed by atoms with Crippen LogP contribution < -0.4 is 5.32 Å². The number of benzene rings is 1. The van der Waals surface area contributed by atoms with Gasteiger partial charge >= 0.3 is 5.97 Å². The maximum Gasteiger partial charge on any atom is 0.317 e. The zero-order valence-corrected chi connectivity index (χ0v) is 15.0. The van der Waals surface area contributed by atoms with Gasteiger partial charge in [-0.25, -0.2) is 12.8 Å².